The number of likely N-dealkylation sites (tertiary alicyclic amines) is 2. The van der Waals surface area contributed by atoms with Gasteiger partial charge < -0.3 is 48.0 Å². The third kappa shape index (κ3) is 11.6. The molecule has 0 aliphatic carbocycles. The predicted octanol–water partition coefficient (Wildman–Crippen LogP) is 6.62. The molecule has 2 N–H and O–H groups in total. The number of H-pyrrole nitrogens is 2. The molecule has 83 heavy (non-hydrogen) atoms. The van der Waals surface area contributed by atoms with Gasteiger partial charge in [-0.3, -0.25) is 29.6 Å². The first-order valence-corrected chi connectivity index (χ1v) is 27.8. The van der Waals surface area contributed by atoms with E-state index in [-0.39, 0.29) is 70.8 Å². The number of ether oxygens (including phenoxy) is 6. The zero-order valence-corrected chi connectivity index (χ0v) is 47.9. The lowest BCUT2D eigenvalue weighted by atomic mass is 10.1. The highest BCUT2D eigenvalue weighted by molar-refractivity contribution is 6.33. The number of fused-ring (bicyclic) bond motifs is 4. The zero-order valence-electron chi connectivity index (χ0n) is 46.4. The highest BCUT2D eigenvalue weighted by atomic mass is 35.5. The predicted molar refractivity (Wildman–Crippen MR) is 310 cm³/mol. The standard InChI is InChI=1S/C28H30ClFN8O4.C28H31ClN8O4/c1-4-22(39)37-8-10-38(11-9-37)26-16-6-7-31-27(42-25-17-13-32-35-19(17)12-18(30)23(25)29)24(16)33-28(34-26)41-21-15-36(5-2)14-20(21)40-3;1-5-23(38)36-8-10-37(11-9-36)26-17-6-7-30-27(41-25-16(2)19(29)12-20-18(25)13-31-34-20)24(17)32-28(33-26)40-22-15-35(3)14-21(22)39-4/h4,6-7,12-13,20-21H,1,5,8-11,14-15H2,2-3H3,(H,32,35);5-7,12-13,21-22H,1,8-11,14-15H2,2-4H3,(H,31,34)/t20-,21-;21-,22-/m11/s1. The summed E-state index contributed by atoms with van der Waals surface area (Å²) in [5.41, 5.74) is 2.78. The maximum absolute atomic E-state index is 14.7. The van der Waals surface area contributed by atoms with Crippen LogP contribution in [0.3, 0.4) is 0 Å². The second-order valence-corrected chi connectivity index (χ2v) is 21.1. The van der Waals surface area contributed by atoms with Crippen molar-refractivity contribution in [1.29, 1.82) is 0 Å². The van der Waals surface area contributed by atoms with E-state index in [1.807, 2.05) is 26.1 Å². The lowest BCUT2D eigenvalue weighted by Gasteiger charge is -2.35. The number of carbonyl (C=O) groups excluding carboxylic acids is 2. The quantitative estimate of drug-likeness (QED) is 0.103. The van der Waals surface area contributed by atoms with Crippen molar-refractivity contribution in [2.45, 2.75) is 38.3 Å². The number of hydrogen-bond acceptors (Lipinski definition) is 20. The summed E-state index contributed by atoms with van der Waals surface area (Å²) in [6.07, 6.45) is 8.27. The van der Waals surface area contributed by atoms with Gasteiger partial charge in [-0.25, -0.2) is 14.4 Å². The summed E-state index contributed by atoms with van der Waals surface area (Å²) in [6.45, 7) is 19.1. The molecule has 2 aromatic carbocycles. The molecule has 10 heterocycles. The molecular weight excluding hydrogens is 1110 g/mol. The Morgan fingerprint density at radius 3 is 1.66 bits per heavy atom. The number of methoxy groups -OCH3 is 2. The van der Waals surface area contributed by atoms with Crippen molar-refractivity contribution in [2.24, 2.45) is 0 Å². The number of nitrogens with one attached hydrogen (secondary N) is 2. The molecule has 2 amide bonds. The second-order valence-electron chi connectivity index (χ2n) is 20.3. The molecule has 0 radical (unpaired) electrons. The number of halogens is 3. The largest absolute Gasteiger partial charge is 0.456 e. The number of anilines is 2. The van der Waals surface area contributed by atoms with Gasteiger partial charge in [0.05, 0.1) is 45.0 Å². The Kier molecular flexibility index (Phi) is 16.7. The van der Waals surface area contributed by atoms with Crippen molar-refractivity contribution in [3.63, 3.8) is 0 Å². The van der Waals surface area contributed by atoms with Crippen molar-refractivity contribution in [1.82, 2.24) is 69.9 Å². The number of aromatic nitrogens is 10. The van der Waals surface area contributed by atoms with Crippen LogP contribution < -0.4 is 28.7 Å². The van der Waals surface area contributed by atoms with Crippen LogP contribution in [0.1, 0.15) is 12.5 Å². The number of piperazine rings is 2. The SMILES string of the molecule is C=CC(=O)N1CCN(c2nc(O[C@@H]3CN(C)C[C@H]3OC)nc3c(Oc4c(C)c(Cl)cc5[nH]ncc45)nccc23)CC1.C=CC(=O)N1CCN(c2nc(O[C@@H]3CN(CC)C[C@H]3OC)nc3c(Oc4c(Cl)c(F)cc5[nH]ncc45)nccc23)CC1. The number of rotatable bonds is 15. The average molecular weight is 1180 g/mol. The Hall–Kier alpha value is -8.07. The summed E-state index contributed by atoms with van der Waals surface area (Å²) < 4.78 is 51.4. The van der Waals surface area contributed by atoms with Crippen molar-refractivity contribution in [3.8, 4) is 35.3 Å². The Morgan fingerprint density at radius 1 is 0.675 bits per heavy atom. The smallest absolute Gasteiger partial charge is 0.319 e. The number of hydrogen-bond donors (Lipinski definition) is 2. The van der Waals surface area contributed by atoms with Gasteiger partial charge in [0.25, 0.3) is 0 Å². The minimum Gasteiger partial charge on any atom is -0.456 e. The molecule has 4 aliphatic rings. The molecule has 4 atom stereocenters. The van der Waals surface area contributed by atoms with Crippen LogP contribution in [-0.4, -0.2) is 212 Å². The molecule has 12 rings (SSSR count). The monoisotopic (exact) mass is 1170 g/mol. The van der Waals surface area contributed by atoms with Gasteiger partial charge in [0, 0.05) is 122 Å². The van der Waals surface area contributed by atoms with E-state index in [0.717, 1.165) is 41.5 Å². The van der Waals surface area contributed by atoms with E-state index in [9.17, 15) is 14.0 Å². The van der Waals surface area contributed by atoms with Gasteiger partial charge in [0.15, 0.2) is 5.75 Å². The molecule has 4 aliphatic heterocycles. The van der Waals surface area contributed by atoms with E-state index in [1.165, 1.54) is 24.4 Å². The summed E-state index contributed by atoms with van der Waals surface area (Å²) in [7, 11) is 5.36. The summed E-state index contributed by atoms with van der Waals surface area (Å²) >= 11 is 12.9. The van der Waals surface area contributed by atoms with E-state index < -0.39 is 5.82 Å². The number of carbonyl (C=O) groups is 2. The fraction of sp³-hybridized carbons (Fsp3) is 0.393. The zero-order chi connectivity index (χ0) is 58.1. The topological polar surface area (TPSA) is 244 Å². The fourth-order valence-electron chi connectivity index (χ4n) is 10.8. The van der Waals surface area contributed by atoms with Gasteiger partial charge in [-0.2, -0.15) is 30.1 Å². The molecule has 8 aromatic rings. The molecule has 4 saturated heterocycles. The number of likely N-dealkylation sites (N-methyl/N-ethyl adjacent to an activating group) is 2. The summed E-state index contributed by atoms with van der Waals surface area (Å²) in [5, 5.41) is 16.8. The van der Waals surface area contributed by atoms with E-state index in [0.29, 0.717) is 115 Å². The number of nitrogens with zero attached hydrogens (tertiary/aromatic N) is 14. The fourth-order valence-corrected chi connectivity index (χ4v) is 11.2. The minimum atomic E-state index is -0.665. The molecule has 24 nitrogen and oxygen atoms in total. The lowest BCUT2D eigenvalue weighted by Crippen LogP contribution is -2.48. The highest BCUT2D eigenvalue weighted by Crippen LogP contribution is 2.42. The molecule has 0 unspecified atom stereocenters. The number of benzene rings is 2. The lowest BCUT2D eigenvalue weighted by molar-refractivity contribution is -0.127. The third-order valence-electron chi connectivity index (χ3n) is 15.3. The first-order valence-electron chi connectivity index (χ1n) is 27.0. The van der Waals surface area contributed by atoms with Crippen LogP contribution in [0.15, 0.2) is 74.4 Å². The van der Waals surface area contributed by atoms with Crippen LogP contribution >= 0.6 is 23.2 Å². The normalized spacial score (nSPS) is 19.6. The van der Waals surface area contributed by atoms with Crippen molar-refractivity contribution in [2.75, 3.05) is 116 Å². The Bertz CT molecular complexity index is 3740. The van der Waals surface area contributed by atoms with Crippen LogP contribution in [0, 0.1) is 12.7 Å². The third-order valence-corrected chi connectivity index (χ3v) is 16.1. The molecular formula is C56H61Cl2FN16O8. The van der Waals surface area contributed by atoms with E-state index in [1.54, 1.807) is 48.7 Å². The van der Waals surface area contributed by atoms with Gasteiger partial charge in [-0.05, 0) is 50.9 Å². The van der Waals surface area contributed by atoms with Gasteiger partial charge in [0.1, 0.15) is 63.7 Å². The van der Waals surface area contributed by atoms with E-state index in [2.05, 4.69) is 70.0 Å². The van der Waals surface area contributed by atoms with Crippen LogP contribution in [-0.2, 0) is 19.1 Å². The van der Waals surface area contributed by atoms with Gasteiger partial charge in [0.2, 0.25) is 23.6 Å². The van der Waals surface area contributed by atoms with Crippen molar-refractivity contribution < 1.29 is 42.4 Å². The van der Waals surface area contributed by atoms with Crippen LogP contribution in [0.2, 0.25) is 10.0 Å². The average Bonchev–Trinajstić information content (AvgIpc) is 4.42. The Morgan fingerprint density at radius 2 is 1.14 bits per heavy atom. The number of amides is 2. The minimum absolute atomic E-state index is 0.0634. The van der Waals surface area contributed by atoms with Crippen molar-refractivity contribution in [3.05, 3.63) is 95.8 Å². The summed E-state index contributed by atoms with van der Waals surface area (Å²) in [4.78, 5) is 64.7. The second kappa shape index (κ2) is 24.4. The van der Waals surface area contributed by atoms with Crippen LogP contribution in [0.4, 0.5) is 16.0 Å². The van der Waals surface area contributed by atoms with E-state index >= 15 is 0 Å². The molecule has 27 heteroatoms. The molecule has 4 fully saturated rings. The molecule has 0 saturated carbocycles. The van der Waals surface area contributed by atoms with Gasteiger partial charge in [-0.1, -0.05) is 43.3 Å². The first-order chi connectivity index (χ1) is 40.2. The molecule has 434 valence electrons. The summed E-state index contributed by atoms with van der Waals surface area (Å²) in [6, 6.07) is 7.05. The Labute approximate surface area is 486 Å². The van der Waals surface area contributed by atoms with Gasteiger partial charge in [-0.15, -0.1) is 0 Å². The van der Waals surface area contributed by atoms with Gasteiger partial charge >= 0.3 is 12.0 Å². The highest BCUT2D eigenvalue weighted by Gasteiger charge is 2.37. The molecule has 6 aromatic heterocycles. The first kappa shape index (κ1) is 56.8. The maximum Gasteiger partial charge on any atom is 0.319 e. The number of pyridine rings is 2. The van der Waals surface area contributed by atoms with Crippen LogP contribution in [0.25, 0.3) is 43.6 Å². The van der Waals surface area contributed by atoms with Crippen molar-refractivity contribution >= 4 is 90.3 Å². The number of aromatic amines is 2. The molecule has 0 spiro atoms. The van der Waals surface area contributed by atoms with Crippen LogP contribution in [0.5, 0.6) is 35.3 Å². The summed E-state index contributed by atoms with van der Waals surface area (Å²) in [5.74, 6) is 1.41. The Balaban J connectivity index is 0.000000174. The molecule has 0 bridgehead atoms. The maximum atomic E-state index is 14.7. The van der Waals surface area contributed by atoms with E-state index in [4.69, 9.17) is 71.6 Å².